The van der Waals surface area contributed by atoms with Gasteiger partial charge in [-0.05, 0) is 32.4 Å². The van der Waals surface area contributed by atoms with E-state index in [1.165, 1.54) is 19.3 Å². The topological polar surface area (TPSA) is 32.7 Å². The first kappa shape index (κ1) is 12.9. The standard InChI is InChI=1S/C12H25NO2/c1-2-3-9-15-11-12(14)10-13-7-5-4-6-8-13/h12,14H,2-11H2,1H3/t12-/m0/s1. The second-order valence-electron chi connectivity index (χ2n) is 4.44. The average molecular weight is 215 g/mol. The number of aliphatic hydroxyl groups excluding tert-OH is 1. The fourth-order valence-corrected chi connectivity index (χ4v) is 1.96. The first-order valence-electron chi connectivity index (χ1n) is 6.31. The fourth-order valence-electron chi connectivity index (χ4n) is 1.96. The van der Waals surface area contributed by atoms with Gasteiger partial charge in [0.2, 0.25) is 0 Å². The van der Waals surface area contributed by atoms with Gasteiger partial charge in [0.15, 0.2) is 0 Å². The van der Waals surface area contributed by atoms with Crippen LogP contribution in [0.4, 0.5) is 0 Å². The van der Waals surface area contributed by atoms with Crippen LogP contribution in [0.3, 0.4) is 0 Å². The van der Waals surface area contributed by atoms with Gasteiger partial charge in [-0.3, -0.25) is 0 Å². The number of aliphatic hydroxyl groups is 1. The molecule has 0 aromatic carbocycles. The highest BCUT2D eigenvalue weighted by Crippen LogP contribution is 2.08. The number of ether oxygens (including phenoxy) is 1. The first-order valence-corrected chi connectivity index (χ1v) is 6.31. The van der Waals surface area contributed by atoms with E-state index < -0.39 is 0 Å². The van der Waals surface area contributed by atoms with Gasteiger partial charge in [0.25, 0.3) is 0 Å². The predicted molar refractivity (Wildman–Crippen MR) is 62.0 cm³/mol. The van der Waals surface area contributed by atoms with Crippen LogP contribution in [0.25, 0.3) is 0 Å². The Morgan fingerprint density at radius 1 is 1.27 bits per heavy atom. The molecule has 1 fully saturated rings. The third kappa shape index (κ3) is 6.13. The number of nitrogens with zero attached hydrogens (tertiary/aromatic N) is 1. The van der Waals surface area contributed by atoms with Crippen molar-refractivity contribution in [3.63, 3.8) is 0 Å². The molecule has 1 aliphatic heterocycles. The van der Waals surface area contributed by atoms with E-state index in [1.54, 1.807) is 0 Å². The summed E-state index contributed by atoms with van der Waals surface area (Å²) in [7, 11) is 0. The predicted octanol–water partition coefficient (Wildman–Crippen LogP) is 1.65. The van der Waals surface area contributed by atoms with E-state index in [2.05, 4.69) is 11.8 Å². The van der Waals surface area contributed by atoms with Gasteiger partial charge in [0.05, 0.1) is 12.7 Å². The van der Waals surface area contributed by atoms with Gasteiger partial charge in [0.1, 0.15) is 0 Å². The quantitative estimate of drug-likeness (QED) is 0.655. The van der Waals surface area contributed by atoms with Gasteiger partial charge >= 0.3 is 0 Å². The monoisotopic (exact) mass is 215 g/mol. The molecule has 0 bridgehead atoms. The smallest absolute Gasteiger partial charge is 0.0900 e. The first-order chi connectivity index (χ1) is 7.33. The molecule has 15 heavy (non-hydrogen) atoms. The van der Waals surface area contributed by atoms with Crippen molar-refractivity contribution in [3.8, 4) is 0 Å². The van der Waals surface area contributed by atoms with E-state index in [4.69, 9.17) is 4.74 Å². The Morgan fingerprint density at radius 2 is 2.00 bits per heavy atom. The van der Waals surface area contributed by atoms with Crippen LogP contribution in [0.2, 0.25) is 0 Å². The summed E-state index contributed by atoms with van der Waals surface area (Å²) in [5, 5.41) is 9.73. The van der Waals surface area contributed by atoms with E-state index >= 15 is 0 Å². The number of piperidine rings is 1. The van der Waals surface area contributed by atoms with Crippen LogP contribution in [0.1, 0.15) is 39.0 Å². The number of rotatable bonds is 7. The molecule has 1 atom stereocenters. The number of likely N-dealkylation sites (tertiary alicyclic amines) is 1. The Balaban J connectivity index is 1.98. The number of unbranched alkanes of at least 4 members (excludes halogenated alkanes) is 1. The van der Waals surface area contributed by atoms with Crippen LogP contribution in [-0.2, 0) is 4.74 Å². The van der Waals surface area contributed by atoms with Crippen LogP contribution in [0, 0.1) is 0 Å². The zero-order valence-corrected chi connectivity index (χ0v) is 9.95. The molecule has 0 spiro atoms. The van der Waals surface area contributed by atoms with Gasteiger partial charge in [-0.1, -0.05) is 19.8 Å². The summed E-state index contributed by atoms with van der Waals surface area (Å²) in [4.78, 5) is 2.34. The van der Waals surface area contributed by atoms with Crippen LogP contribution >= 0.6 is 0 Å². The Kier molecular flexibility index (Phi) is 6.98. The molecule has 0 amide bonds. The van der Waals surface area contributed by atoms with Gasteiger partial charge in [-0.2, -0.15) is 0 Å². The largest absolute Gasteiger partial charge is 0.389 e. The number of hydrogen-bond donors (Lipinski definition) is 1. The maximum atomic E-state index is 9.73. The van der Waals surface area contributed by atoms with Crippen molar-refractivity contribution in [1.29, 1.82) is 0 Å². The van der Waals surface area contributed by atoms with E-state index in [1.807, 2.05) is 0 Å². The normalized spacial score (nSPS) is 20.4. The SMILES string of the molecule is CCCCOC[C@@H](O)CN1CCCCC1. The minimum absolute atomic E-state index is 0.306. The molecule has 1 rings (SSSR count). The summed E-state index contributed by atoms with van der Waals surface area (Å²) in [5.41, 5.74) is 0. The minimum atomic E-state index is -0.306. The molecule has 1 heterocycles. The highest BCUT2D eigenvalue weighted by molar-refractivity contribution is 4.68. The molecule has 1 aliphatic rings. The molecule has 1 saturated heterocycles. The number of hydrogen-bond acceptors (Lipinski definition) is 3. The molecular weight excluding hydrogens is 190 g/mol. The maximum absolute atomic E-state index is 9.73. The van der Waals surface area contributed by atoms with Crippen LogP contribution in [0.15, 0.2) is 0 Å². The molecule has 0 unspecified atom stereocenters. The zero-order valence-electron chi connectivity index (χ0n) is 9.95. The summed E-state index contributed by atoms with van der Waals surface area (Å²) >= 11 is 0. The van der Waals surface area contributed by atoms with Crippen molar-refractivity contribution in [2.24, 2.45) is 0 Å². The van der Waals surface area contributed by atoms with Crippen LogP contribution in [0.5, 0.6) is 0 Å². The van der Waals surface area contributed by atoms with Crippen molar-refractivity contribution < 1.29 is 9.84 Å². The molecule has 0 aromatic heterocycles. The number of β-amino-alcohol motifs (C(OH)–C–C–N with tert-alkyl or cyclic N) is 1. The Labute approximate surface area is 93.4 Å². The Morgan fingerprint density at radius 3 is 2.67 bits per heavy atom. The third-order valence-corrected chi connectivity index (χ3v) is 2.87. The lowest BCUT2D eigenvalue weighted by Gasteiger charge is -2.28. The van der Waals surface area contributed by atoms with Gasteiger partial charge < -0.3 is 14.7 Å². The molecule has 0 aliphatic carbocycles. The molecule has 0 aromatic rings. The van der Waals surface area contributed by atoms with E-state index in [-0.39, 0.29) is 6.10 Å². The molecule has 0 saturated carbocycles. The molecule has 0 radical (unpaired) electrons. The highest BCUT2D eigenvalue weighted by atomic mass is 16.5. The van der Waals surface area contributed by atoms with Crippen molar-refractivity contribution in [3.05, 3.63) is 0 Å². The van der Waals surface area contributed by atoms with E-state index in [9.17, 15) is 5.11 Å². The Hall–Kier alpha value is -0.120. The van der Waals surface area contributed by atoms with Gasteiger partial charge in [0, 0.05) is 13.2 Å². The zero-order chi connectivity index (χ0) is 10.9. The van der Waals surface area contributed by atoms with Crippen LogP contribution < -0.4 is 0 Å². The molecule has 3 heteroatoms. The second kappa shape index (κ2) is 8.08. The maximum Gasteiger partial charge on any atom is 0.0900 e. The lowest BCUT2D eigenvalue weighted by Crippen LogP contribution is -2.38. The molecular formula is C12H25NO2. The van der Waals surface area contributed by atoms with E-state index in [0.717, 1.165) is 39.1 Å². The summed E-state index contributed by atoms with van der Waals surface area (Å²) < 4.78 is 5.40. The molecule has 3 nitrogen and oxygen atoms in total. The lowest BCUT2D eigenvalue weighted by molar-refractivity contribution is 0.0128. The summed E-state index contributed by atoms with van der Waals surface area (Å²) in [6, 6.07) is 0. The lowest BCUT2D eigenvalue weighted by atomic mass is 10.1. The summed E-state index contributed by atoms with van der Waals surface area (Å²) in [6.45, 7) is 6.50. The van der Waals surface area contributed by atoms with Crippen molar-refractivity contribution in [2.75, 3.05) is 32.8 Å². The Bertz CT molecular complexity index is 147. The molecule has 90 valence electrons. The summed E-state index contributed by atoms with van der Waals surface area (Å²) in [5.74, 6) is 0. The average Bonchev–Trinajstić information content (AvgIpc) is 2.26. The van der Waals surface area contributed by atoms with Crippen molar-refractivity contribution >= 4 is 0 Å². The second-order valence-corrected chi connectivity index (χ2v) is 4.44. The highest BCUT2D eigenvalue weighted by Gasteiger charge is 2.14. The fraction of sp³-hybridized carbons (Fsp3) is 1.00. The van der Waals surface area contributed by atoms with Gasteiger partial charge in [-0.25, -0.2) is 0 Å². The van der Waals surface area contributed by atoms with E-state index in [0.29, 0.717) is 6.61 Å². The molecule has 1 N–H and O–H groups in total. The minimum Gasteiger partial charge on any atom is -0.389 e. The summed E-state index contributed by atoms with van der Waals surface area (Å²) in [6.07, 6.45) is 5.85. The van der Waals surface area contributed by atoms with Crippen LogP contribution in [-0.4, -0.2) is 49.0 Å². The van der Waals surface area contributed by atoms with Crippen molar-refractivity contribution in [2.45, 2.75) is 45.1 Å². The third-order valence-electron chi connectivity index (χ3n) is 2.87. The van der Waals surface area contributed by atoms with Gasteiger partial charge in [-0.15, -0.1) is 0 Å². The van der Waals surface area contributed by atoms with Crippen molar-refractivity contribution in [1.82, 2.24) is 4.90 Å².